The number of hydrogen-bond acceptors (Lipinski definition) is 3. The third kappa shape index (κ3) is 2.81. The molecule has 0 spiro atoms. The first-order chi connectivity index (χ1) is 9.02. The number of carboxylic acid groups (broad SMARTS) is 1. The zero-order valence-electron chi connectivity index (χ0n) is 10.4. The highest BCUT2D eigenvalue weighted by Crippen LogP contribution is 2.26. The van der Waals surface area contributed by atoms with Gasteiger partial charge in [-0.3, -0.25) is 4.90 Å². The molecule has 2 rings (SSSR count). The molecule has 1 unspecified atom stereocenters. The minimum Gasteiger partial charge on any atom is -0.480 e. The normalized spacial score (nSPS) is 17.8. The van der Waals surface area contributed by atoms with Crippen LogP contribution in [0.3, 0.4) is 0 Å². The number of carbonyl (C=O) groups is 2. The van der Waals surface area contributed by atoms with Gasteiger partial charge in [-0.15, -0.1) is 0 Å². The number of carbonyl (C=O) groups excluding carboxylic acids is 1. The number of aliphatic carboxylic acids is 1. The quantitative estimate of drug-likeness (QED) is 0.904. The summed E-state index contributed by atoms with van der Waals surface area (Å²) in [5, 5.41) is 9.80. The van der Waals surface area contributed by atoms with Gasteiger partial charge >= 0.3 is 12.1 Å². The summed E-state index contributed by atoms with van der Waals surface area (Å²) < 4.78 is 4.90. The molecule has 0 saturated heterocycles. The molecule has 1 amide bonds. The molecule has 1 atom stereocenters. The number of carboxylic acids is 1. The zero-order chi connectivity index (χ0) is 14.0. The van der Waals surface area contributed by atoms with Crippen molar-refractivity contribution in [1.29, 1.82) is 0 Å². The summed E-state index contributed by atoms with van der Waals surface area (Å²) in [7, 11) is 0. The molecule has 1 aliphatic rings. The molecular weight excluding hydrogens is 270 g/mol. The Morgan fingerprint density at radius 1 is 1.47 bits per heavy atom. The molecule has 1 N–H and O–H groups in total. The number of benzene rings is 1. The fraction of sp³-hybridized carbons (Fsp3) is 0.385. The third-order valence-electron chi connectivity index (χ3n) is 3.09. The van der Waals surface area contributed by atoms with Crippen LogP contribution in [0.4, 0.5) is 4.79 Å². The maximum atomic E-state index is 11.8. The van der Waals surface area contributed by atoms with Crippen molar-refractivity contribution in [2.75, 3.05) is 6.61 Å². The van der Waals surface area contributed by atoms with Crippen molar-refractivity contribution >= 4 is 23.7 Å². The van der Waals surface area contributed by atoms with Gasteiger partial charge in [-0.1, -0.05) is 17.7 Å². The Morgan fingerprint density at radius 3 is 2.84 bits per heavy atom. The van der Waals surface area contributed by atoms with E-state index in [-0.39, 0.29) is 19.6 Å². The van der Waals surface area contributed by atoms with Gasteiger partial charge in [0.1, 0.15) is 6.04 Å². The van der Waals surface area contributed by atoms with Crippen LogP contribution in [0, 0.1) is 0 Å². The van der Waals surface area contributed by atoms with Crippen molar-refractivity contribution in [2.24, 2.45) is 0 Å². The summed E-state index contributed by atoms with van der Waals surface area (Å²) in [6, 6.07) is 4.37. The molecule has 19 heavy (non-hydrogen) atoms. The van der Waals surface area contributed by atoms with Gasteiger partial charge in [-0.05, 0) is 30.2 Å². The van der Waals surface area contributed by atoms with Crippen LogP contribution < -0.4 is 0 Å². The number of fused-ring (bicyclic) bond motifs is 1. The van der Waals surface area contributed by atoms with Gasteiger partial charge < -0.3 is 9.84 Å². The molecule has 6 heteroatoms. The highest BCUT2D eigenvalue weighted by Gasteiger charge is 2.35. The number of ether oxygens (including phenoxy) is 1. The van der Waals surface area contributed by atoms with Gasteiger partial charge in [-0.25, -0.2) is 9.59 Å². The Kier molecular flexibility index (Phi) is 3.95. The van der Waals surface area contributed by atoms with E-state index in [2.05, 4.69) is 0 Å². The summed E-state index contributed by atoms with van der Waals surface area (Å²) in [6.45, 7) is 2.13. The largest absolute Gasteiger partial charge is 0.480 e. The monoisotopic (exact) mass is 283 g/mol. The van der Waals surface area contributed by atoms with Crippen LogP contribution in [0.2, 0.25) is 5.02 Å². The van der Waals surface area contributed by atoms with E-state index in [0.717, 1.165) is 11.1 Å². The lowest BCUT2D eigenvalue weighted by molar-refractivity contribution is -0.143. The topological polar surface area (TPSA) is 66.8 Å². The fourth-order valence-corrected chi connectivity index (χ4v) is 2.36. The minimum atomic E-state index is -1.04. The van der Waals surface area contributed by atoms with Crippen LogP contribution in [0.1, 0.15) is 18.1 Å². The summed E-state index contributed by atoms with van der Waals surface area (Å²) in [5.41, 5.74) is 1.76. The average Bonchev–Trinajstić information content (AvgIpc) is 2.37. The molecule has 0 bridgehead atoms. The lowest BCUT2D eigenvalue weighted by atomic mass is 9.94. The van der Waals surface area contributed by atoms with Gasteiger partial charge in [0.05, 0.1) is 13.2 Å². The highest BCUT2D eigenvalue weighted by atomic mass is 35.5. The molecule has 1 aliphatic heterocycles. The fourth-order valence-electron chi connectivity index (χ4n) is 2.17. The molecule has 0 radical (unpaired) electrons. The predicted octanol–water partition coefficient (Wildman–Crippen LogP) is 2.31. The van der Waals surface area contributed by atoms with Gasteiger partial charge in [0, 0.05) is 11.4 Å². The van der Waals surface area contributed by atoms with E-state index in [1.165, 1.54) is 4.90 Å². The van der Waals surface area contributed by atoms with Gasteiger partial charge in [-0.2, -0.15) is 0 Å². The van der Waals surface area contributed by atoms with Crippen LogP contribution in [0.15, 0.2) is 18.2 Å². The van der Waals surface area contributed by atoms with E-state index in [1.807, 2.05) is 6.07 Å². The van der Waals surface area contributed by atoms with E-state index in [0.29, 0.717) is 5.02 Å². The Hall–Kier alpha value is -1.75. The van der Waals surface area contributed by atoms with E-state index in [1.54, 1.807) is 19.1 Å². The molecule has 102 valence electrons. The third-order valence-corrected chi connectivity index (χ3v) is 3.32. The van der Waals surface area contributed by atoms with Gasteiger partial charge in [0.15, 0.2) is 0 Å². The van der Waals surface area contributed by atoms with Crippen LogP contribution in [-0.2, 0) is 22.5 Å². The van der Waals surface area contributed by atoms with Gasteiger partial charge in [0.25, 0.3) is 0 Å². The molecule has 0 fully saturated rings. The average molecular weight is 284 g/mol. The summed E-state index contributed by atoms with van der Waals surface area (Å²) in [4.78, 5) is 24.3. The summed E-state index contributed by atoms with van der Waals surface area (Å²) in [6.07, 6.45) is -0.361. The number of amides is 1. The first kappa shape index (κ1) is 13.7. The summed E-state index contributed by atoms with van der Waals surface area (Å²) >= 11 is 5.90. The SMILES string of the molecule is CCOC(=O)N1Cc2ccc(Cl)cc2CC1C(=O)O. The van der Waals surface area contributed by atoms with Gasteiger partial charge in [0.2, 0.25) is 0 Å². The molecule has 0 aliphatic carbocycles. The second kappa shape index (κ2) is 5.48. The molecule has 1 aromatic rings. The first-order valence-electron chi connectivity index (χ1n) is 5.96. The van der Waals surface area contributed by atoms with E-state index >= 15 is 0 Å². The maximum Gasteiger partial charge on any atom is 0.410 e. The van der Waals surface area contributed by atoms with Crippen molar-refractivity contribution in [1.82, 2.24) is 4.90 Å². The van der Waals surface area contributed by atoms with Crippen LogP contribution in [0.25, 0.3) is 0 Å². The number of hydrogen-bond donors (Lipinski definition) is 1. The number of rotatable bonds is 2. The molecule has 1 heterocycles. The Balaban J connectivity index is 2.32. The standard InChI is InChI=1S/C13H14ClNO4/c1-2-19-13(18)15-7-8-3-4-10(14)5-9(8)6-11(15)12(16)17/h3-5,11H,2,6-7H2,1H3,(H,16,17). The van der Waals surface area contributed by atoms with Crippen LogP contribution >= 0.6 is 11.6 Å². The van der Waals surface area contributed by atoms with Crippen molar-refractivity contribution < 1.29 is 19.4 Å². The second-order valence-corrected chi connectivity index (χ2v) is 4.73. The van der Waals surface area contributed by atoms with Crippen molar-refractivity contribution in [3.05, 3.63) is 34.3 Å². The Bertz CT molecular complexity index is 517. The number of nitrogens with zero attached hydrogens (tertiary/aromatic N) is 1. The van der Waals surface area contributed by atoms with Crippen molar-refractivity contribution in [3.63, 3.8) is 0 Å². The smallest absolute Gasteiger partial charge is 0.410 e. The van der Waals surface area contributed by atoms with E-state index in [4.69, 9.17) is 16.3 Å². The molecule has 0 aromatic heterocycles. The second-order valence-electron chi connectivity index (χ2n) is 4.30. The van der Waals surface area contributed by atoms with E-state index < -0.39 is 18.1 Å². The molecule has 0 saturated carbocycles. The zero-order valence-corrected chi connectivity index (χ0v) is 11.2. The lowest BCUT2D eigenvalue weighted by Gasteiger charge is -2.33. The first-order valence-corrected chi connectivity index (χ1v) is 6.34. The van der Waals surface area contributed by atoms with Crippen LogP contribution in [-0.4, -0.2) is 34.7 Å². The highest BCUT2D eigenvalue weighted by molar-refractivity contribution is 6.30. The molecule has 5 nitrogen and oxygen atoms in total. The minimum absolute atomic E-state index is 0.217. The molecule has 1 aromatic carbocycles. The Labute approximate surface area is 115 Å². The predicted molar refractivity (Wildman–Crippen MR) is 69.1 cm³/mol. The van der Waals surface area contributed by atoms with Crippen LogP contribution in [0.5, 0.6) is 0 Å². The molecular formula is C13H14ClNO4. The van der Waals surface area contributed by atoms with E-state index in [9.17, 15) is 14.7 Å². The van der Waals surface area contributed by atoms with Crippen molar-refractivity contribution in [3.8, 4) is 0 Å². The maximum absolute atomic E-state index is 11.8. The Morgan fingerprint density at radius 2 is 2.21 bits per heavy atom. The lowest BCUT2D eigenvalue weighted by Crippen LogP contribution is -2.48. The summed E-state index contributed by atoms with van der Waals surface area (Å²) in [5.74, 6) is -1.04. The number of halogens is 1. The van der Waals surface area contributed by atoms with Crippen molar-refractivity contribution in [2.45, 2.75) is 25.9 Å².